The molecular weight excluding hydrogens is 616 g/mol. The van der Waals surface area contributed by atoms with E-state index in [0.29, 0.717) is 18.0 Å². The lowest BCUT2D eigenvalue weighted by Crippen LogP contribution is -2.41. The molecule has 0 aliphatic rings. The van der Waals surface area contributed by atoms with E-state index in [1.165, 1.54) is 12.4 Å². The smallest absolute Gasteiger partial charge is 0.436 e. The molecule has 0 fully saturated rings. The second-order valence-corrected chi connectivity index (χ2v) is 8.27. The van der Waals surface area contributed by atoms with Crippen molar-refractivity contribution in [2.45, 2.75) is 12.4 Å². The number of hydrogen-bond acceptors (Lipinski definition) is 7. The molecule has 1 aromatic heterocycles. The molecule has 2 N–H and O–H groups in total. The quantitative estimate of drug-likeness (QED) is 0.236. The van der Waals surface area contributed by atoms with Crippen molar-refractivity contribution in [3.63, 3.8) is 0 Å². The molecule has 0 saturated carbocycles. The number of carbonyl (C=O) groups excluding carboxylic acids is 2. The largest absolute Gasteiger partial charge is 0.493 e. The van der Waals surface area contributed by atoms with Gasteiger partial charge in [-0.05, 0) is 46.3 Å². The Bertz CT molecular complexity index is 1340. The van der Waals surface area contributed by atoms with Crippen LogP contribution in [0.15, 0.2) is 53.3 Å². The van der Waals surface area contributed by atoms with Crippen molar-refractivity contribution < 1.29 is 45.5 Å². The summed E-state index contributed by atoms with van der Waals surface area (Å²) in [5.41, 5.74) is -2.12. The average molecular weight is 629 g/mol. The maximum Gasteiger partial charge on any atom is 0.493 e. The summed E-state index contributed by atoms with van der Waals surface area (Å²) < 4.78 is 83.2. The molecular formula is C21H13BrClF6N5O4. The molecule has 1 heterocycles. The molecule has 38 heavy (non-hydrogen) atoms. The van der Waals surface area contributed by atoms with Crippen molar-refractivity contribution in [3.05, 3.63) is 63.9 Å². The molecule has 0 saturated heterocycles. The number of carbonyl (C=O) groups is 2. The number of ether oxygens (including phenoxy) is 1. The number of anilines is 3. The molecule has 0 spiro atoms. The molecule has 17 heteroatoms. The first kappa shape index (κ1) is 28.8. The van der Waals surface area contributed by atoms with E-state index in [0.717, 1.165) is 24.3 Å². The van der Waals surface area contributed by atoms with E-state index in [-0.39, 0.29) is 26.2 Å². The van der Waals surface area contributed by atoms with Crippen LogP contribution >= 0.6 is 27.5 Å². The summed E-state index contributed by atoms with van der Waals surface area (Å²) in [6.07, 6.45) is -9.11. The highest BCUT2D eigenvalue weighted by Crippen LogP contribution is 2.40. The summed E-state index contributed by atoms with van der Waals surface area (Å²) in [4.78, 5) is 36.3. The number of benzene rings is 2. The summed E-state index contributed by atoms with van der Waals surface area (Å²) in [6.45, 7) is 0. The van der Waals surface area contributed by atoms with Crippen molar-refractivity contribution >= 4 is 56.7 Å². The summed E-state index contributed by atoms with van der Waals surface area (Å²) in [7, 11) is 1.59. The fourth-order valence-electron chi connectivity index (χ4n) is 2.69. The first-order valence-corrected chi connectivity index (χ1v) is 11.1. The second kappa shape index (κ2) is 11.3. The van der Waals surface area contributed by atoms with Crippen LogP contribution in [0.2, 0.25) is 5.02 Å². The normalized spacial score (nSPS) is 11.5. The summed E-state index contributed by atoms with van der Waals surface area (Å²) in [5.74, 6) is -2.47. The first-order chi connectivity index (χ1) is 17.7. The van der Waals surface area contributed by atoms with Gasteiger partial charge < -0.3 is 20.2 Å². The molecule has 0 bridgehead atoms. The molecule has 2 aromatic carbocycles. The van der Waals surface area contributed by atoms with Crippen LogP contribution in [0.5, 0.6) is 11.6 Å². The van der Waals surface area contributed by atoms with E-state index in [1.54, 1.807) is 7.05 Å². The van der Waals surface area contributed by atoms with Gasteiger partial charge in [0.15, 0.2) is 5.75 Å². The third kappa shape index (κ3) is 7.16. The third-order valence-electron chi connectivity index (χ3n) is 4.35. The molecule has 2 amide bonds. The number of amides is 2. The molecule has 0 aliphatic heterocycles. The van der Waals surface area contributed by atoms with E-state index in [2.05, 4.69) is 36.1 Å². The minimum atomic E-state index is -5.52. The molecule has 3 aromatic rings. The van der Waals surface area contributed by atoms with Crippen LogP contribution < -0.4 is 20.4 Å². The van der Waals surface area contributed by atoms with Gasteiger partial charge in [-0.15, -0.1) is 5.06 Å². The first-order valence-electron chi connectivity index (χ1n) is 9.93. The Balaban J connectivity index is 1.96. The topological polar surface area (TPSA) is 106 Å². The number of alkyl halides is 6. The van der Waals surface area contributed by atoms with Crippen LogP contribution in [-0.2, 0) is 15.8 Å². The van der Waals surface area contributed by atoms with E-state index < -0.39 is 41.3 Å². The van der Waals surface area contributed by atoms with Gasteiger partial charge in [-0.25, -0.2) is 19.6 Å². The number of nitrogens with one attached hydrogen (secondary N) is 2. The minimum absolute atomic E-state index is 0.0161. The molecule has 0 atom stereocenters. The summed E-state index contributed by atoms with van der Waals surface area (Å²) >= 11 is 9.30. The SMILES string of the molecule is CNc1cc(Oc2c(Cl)cc(N(OC(=O)C(F)(F)F)C(=O)Nc3cccc(C(F)(F)F)c3)cc2Br)ncn1. The van der Waals surface area contributed by atoms with Gasteiger partial charge in [-0.2, -0.15) is 26.3 Å². The van der Waals surface area contributed by atoms with Crippen LogP contribution in [0.25, 0.3) is 0 Å². The Morgan fingerprint density at radius 1 is 1.05 bits per heavy atom. The predicted molar refractivity (Wildman–Crippen MR) is 126 cm³/mol. The van der Waals surface area contributed by atoms with Gasteiger partial charge in [0.25, 0.3) is 0 Å². The lowest BCUT2D eigenvalue weighted by atomic mass is 10.2. The zero-order valence-electron chi connectivity index (χ0n) is 18.6. The third-order valence-corrected chi connectivity index (χ3v) is 5.22. The Morgan fingerprint density at radius 3 is 2.37 bits per heavy atom. The average Bonchev–Trinajstić information content (AvgIpc) is 2.83. The lowest BCUT2D eigenvalue weighted by Gasteiger charge is -2.23. The second-order valence-electron chi connectivity index (χ2n) is 7.01. The van der Waals surface area contributed by atoms with Gasteiger partial charge in [0.1, 0.15) is 12.1 Å². The van der Waals surface area contributed by atoms with Crippen LogP contribution in [0.4, 0.5) is 48.3 Å². The van der Waals surface area contributed by atoms with Gasteiger partial charge in [0.2, 0.25) is 5.88 Å². The highest BCUT2D eigenvalue weighted by molar-refractivity contribution is 9.10. The Kier molecular flexibility index (Phi) is 8.56. The van der Waals surface area contributed by atoms with Crippen molar-refractivity contribution in [2.75, 3.05) is 22.7 Å². The van der Waals surface area contributed by atoms with E-state index >= 15 is 0 Å². The number of nitrogens with zero attached hydrogens (tertiary/aromatic N) is 3. The molecule has 3 rings (SSSR count). The molecule has 0 unspecified atom stereocenters. The van der Waals surface area contributed by atoms with Crippen LogP contribution in [0.3, 0.4) is 0 Å². The van der Waals surface area contributed by atoms with Gasteiger partial charge in [0, 0.05) is 18.8 Å². The summed E-state index contributed by atoms with van der Waals surface area (Å²) in [5, 5.41) is 4.29. The van der Waals surface area contributed by atoms with Crippen LogP contribution in [-0.4, -0.2) is 35.2 Å². The maximum atomic E-state index is 13.0. The fraction of sp³-hybridized carbons (Fsp3) is 0.143. The van der Waals surface area contributed by atoms with E-state index in [9.17, 15) is 35.9 Å². The Labute approximate surface area is 222 Å². The number of hydroxylamine groups is 1. The number of urea groups is 1. The predicted octanol–water partition coefficient (Wildman–Crippen LogP) is 6.80. The van der Waals surface area contributed by atoms with Crippen molar-refractivity contribution in [1.29, 1.82) is 0 Å². The zero-order chi connectivity index (χ0) is 28.3. The number of aromatic nitrogens is 2. The molecule has 9 nitrogen and oxygen atoms in total. The number of hydrogen-bond donors (Lipinski definition) is 2. The van der Waals surface area contributed by atoms with Gasteiger partial charge in [-0.3, -0.25) is 0 Å². The fourth-order valence-corrected chi connectivity index (χ4v) is 3.59. The van der Waals surface area contributed by atoms with Crippen LogP contribution in [0.1, 0.15) is 5.56 Å². The van der Waals surface area contributed by atoms with E-state index in [1.807, 2.05) is 5.32 Å². The van der Waals surface area contributed by atoms with Gasteiger partial charge >= 0.3 is 24.4 Å². The molecule has 0 radical (unpaired) electrons. The van der Waals surface area contributed by atoms with Crippen molar-refractivity contribution in [3.8, 4) is 11.6 Å². The lowest BCUT2D eigenvalue weighted by molar-refractivity contribution is -0.199. The highest BCUT2D eigenvalue weighted by atomic mass is 79.9. The van der Waals surface area contributed by atoms with E-state index in [4.69, 9.17) is 16.3 Å². The minimum Gasteiger partial charge on any atom is -0.436 e. The monoisotopic (exact) mass is 627 g/mol. The Hall–Kier alpha value is -3.79. The highest BCUT2D eigenvalue weighted by Gasteiger charge is 2.44. The van der Waals surface area contributed by atoms with Crippen LogP contribution in [0, 0.1) is 0 Å². The Morgan fingerprint density at radius 2 is 1.76 bits per heavy atom. The van der Waals surface area contributed by atoms with Gasteiger partial charge in [0.05, 0.1) is 20.7 Å². The maximum absolute atomic E-state index is 13.0. The summed E-state index contributed by atoms with van der Waals surface area (Å²) in [6, 6.07) is 5.01. The molecule has 0 aliphatic carbocycles. The zero-order valence-corrected chi connectivity index (χ0v) is 21.0. The van der Waals surface area contributed by atoms with Crippen molar-refractivity contribution in [1.82, 2.24) is 9.97 Å². The van der Waals surface area contributed by atoms with Gasteiger partial charge in [-0.1, -0.05) is 17.7 Å². The standard InChI is InChI=1S/C21H13BrClF6N5O4/c1-30-15-8-16(32-9-31-15)37-17-13(22)6-12(7-14(17)23)34(38-18(35)21(27,28)29)19(36)33-11-4-2-3-10(5-11)20(24,25)26/h2-9H,1H3,(H,33,36)(H,30,31,32). The molecule has 202 valence electrons. The van der Waals surface area contributed by atoms with Crippen molar-refractivity contribution in [2.24, 2.45) is 0 Å². The number of rotatable bonds is 5. The number of halogens is 8.